The highest BCUT2D eigenvalue weighted by atomic mass is 32.2. The van der Waals surface area contributed by atoms with Crippen LogP contribution in [0.3, 0.4) is 0 Å². The van der Waals surface area contributed by atoms with Crippen LogP contribution in [-0.4, -0.2) is 48.2 Å². The number of benzene rings is 1. The SMILES string of the molecule is CCCNc1ccc(S(=O)(=O)N(CC)CC)cc1NC(=O)c1cnc(C)cn1. The number of rotatable bonds is 9. The van der Waals surface area contributed by atoms with Gasteiger partial charge >= 0.3 is 0 Å². The molecule has 9 heteroatoms. The zero-order valence-electron chi connectivity index (χ0n) is 16.7. The molecule has 0 aliphatic heterocycles. The van der Waals surface area contributed by atoms with Gasteiger partial charge in [-0.25, -0.2) is 13.4 Å². The first-order valence-electron chi connectivity index (χ1n) is 9.31. The van der Waals surface area contributed by atoms with E-state index < -0.39 is 15.9 Å². The number of aryl methyl sites for hydroxylation is 1. The van der Waals surface area contributed by atoms with Crippen LogP contribution in [0.2, 0.25) is 0 Å². The number of hydrogen-bond donors (Lipinski definition) is 2. The number of aromatic nitrogens is 2. The van der Waals surface area contributed by atoms with Crippen LogP contribution in [0, 0.1) is 6.92 Å². The van der Waals surface area contributed by atoms with Crippen molar-refractivity contribution in [3.05, 3.63) is 42.0 Å². The third-order valence-corrected chi connectivity index (χ3v) is 6.21. The number of carbonyl (C=O) groups is 1. The van der Waals surface area contributed by atoms with E-state index in [1.807, 2.05) is 6.92 Å². The van der Waals surface area contributed by atoms with Gasteiger partial charge in [-0.15, -0.1) is 0 Å². The molecule has 8 nitrogen and oxygen atoms in total. The summed E-state index contributed by atoms with van der Waals surface area (Å²) >= 11 is 0. The van der Waals surface area contributed by atoms with Gasteiger partial charge in [-0.2, -0.15) is 4.31 Å². The molecule has 152 valence electrons. The van der Waals surface area contributed by atoms with Crippen molar-refractivity contribution in [3.8, 4) is 0 Å². The van der Waals surface area contributed by atoms with E-state index >= 15 is 0 Å². The fourth-order valence-corrected chi connectivity index (χ4v) is 4.09. The third-order valence-electron chi connectivity index (χ3n) is 4.16. The first kappa shape index (κ1) is 21.8. The van der Waals surface area contributed by atoms with Crippen LogP contribution in [0.15, 0.2) is 35.5 Å². The van der Waals surface area contributed by atoms with Gasteiger partial charge in [0, 0.05) is 25.8 Å². The molecule has 0 aliphatic carbocycles. The van der Waals surface area contributed by atoms with E-state index in [2.05, 4.69) is 20.6 Å². The van der Waals surface area contributed by atoms with E-state index in [-0.39, 0.29) is 10.6 Å². The zero-order valence-corrected chi connectivity index (χ0v) is 17.5. The van der Waals surface area contributed by atoms with E-state index in [0.29, 0.717) is 36.7 Å². The summed E-state index contributed by atoms with van der Waals surface area (Å²) in [7, 11) is -3.64. The van der Waals surface area contributed by atoms with Gasteiger partial charge in [0.2, 0.25) is 10.0 Å². The molecule has 0 aliphatic rings. The highest BCUT2D eigenvalue weighted by Crippen LogP contribution is 2.27. The minimum Gasteiger partial charge on any atom is -0.383 e. The lowest BCUT2D eigenvalue weighted by Gasteiger charge is -2.20. The molecule has 0 saturated heterocycles. The van der Waals surface area contributed by atoms with Crippen LogP contribution in [0.25, 0.3) is 0 Å². The second kappa shape index (κ2) is 9.61. The maximum atomic E-state index is 12.8. The molecular formula is C19H27N5O3S. The maximum Gasteiger partial charge on any atom is 0.275 e. The Hall–Kier alpha value is -2.52. The number of nitrogens with one attached hydrogen (secondary N) is 2. The summed E-state index contributed by atoms with van der Waals surface area (Å²) in [6.07, 6.45) is 3.78. The normalized spacial score (nSPS) is 11.5. The van der Waals surface area contributed by atoms with Crippen molar-refractivity contribution < 1.29 is 13.2 Å². The summed E-state index contributed by atoms with van der Waals surface area (Å²) in [6, 6.07) is 4.70. The van der Waals surface area contributed by atoms with Gasteiger partial charge in [-0.1, -0.05) is 20.8 Å². The zero-order chi connectivity index (χ0) is 20.7. The first-order chi connectivity index (χ1) is 13.3. The smallest absolute Gasteiger partial charge is 0.275 e. The van der Waals surface area contributed by atoms with Gasteiger partial charge in [-0.05, 0) is 31.5 Å². The molecule has 0 unspecified atom stereocenters. The van der Waals surface area contributed by atoms with Crippen LogP contribution in [-0.2, 0) is 10.0 Å². The average Bonchev–Trinajstić information content (AvgIpc) is 2.68. The number of anilines is 2. The van der Waals surface area contributed by atoms with Crippen molar-refractivity contribution in [1.82, 2.24) is 14.3 Å². The minimum absolute atomic E-state index is 0.128. The van der Waals surface area contributed by atoms with Gasteiger partial charge in [0.15, 0.2) is 0 Å². The average molecular weight is 406 g/mol. The van der Waals surface area contributed by atoms with Crippen molar-refractivity contribution >= 4 is 27.3 Å². The van der Waals surface area contributed by atoms with Crippen LogP contribution in [0.4, 0.5) is 11.4 Å². The van der Waals surface area contributed by atoms with Crippen LogP contribution in [0.1, 0.15) is 43.4 Å². The van der Waals surface area contributed by atoms with Gasteiger partial charge in [0.05, 0.1) is 28.2 Å². The summed E-state index contributed by atoms with van der Waals surface area (Å²) in [5.74, 6) is -0.454. The van der Waals surface area contributed by atoms with Crippen molar-refractivity contribution in [3.63, 3.8) is 0 Å². The molecule has 2 aromatic rings. The maximum absolute atomic E-state index is 12.8. The second-order valence-electron chi connectivity index (χ2n) is 6.22. The largest absolute Gasteiger partial charge is 0.383 e. The van der Waals surface area contributed by atoms with E-state index in [1.165, 1.54) is 22.8 Å². The molecule has 0 fully saturated rings. The van der Waals surface area contributed by atoms with Gasteiger partial charge in [0.25, 0.3) is 5.91 Å². The fraction of sp³-hybridized carbons (Fsp3) is 0.421. The van der Waals surface area contributed by atoms with Gasteiger partial charge in [0.1, 0.15) is 5.69 Å². The Balaban J connectivity index is 2.41. The lowest BCUT2D eigenvalue weighted by Crippen LogP contribution is -2.30. The standard InChI is InChI=1S/C19H27N5O3S/c1-5-10-20-16-9-8-15(28(26,27)24(6-2)7-3)11-17(16)23-19(25)18-13-21-14(4)12-22-18/h8-9,11-13,20H,5-7,10H2,1-4H3,(H,23,25). The second-order valence-corrected chi connectivity index (χ2v) is 8.16. The van der Waals surface area contributed by atoms with Crippen molar-refractivity contribution in [2.75, 3.05) is 30.3 Å². The predicted octanol–water partition coefficient (Wildman–Crippen LogP) is 2.89. The molecule has 0 radical (unpaired) electrons. The molecule has 0 atom stereocenters. The molecule has 0 spiro atoms. The Kier molecular flexibility index (Phi) is 7.47. The van der Waals surface area contributed by atoms with Crippen molar-refractivity contribution in [1.29, 1.82) is 0 Å². The van der Waals surface area contributed by atoms with E-state index in [9.17, 15) is 13.2 Å². The van der Waals surface area contributed by atoms with Crippen LogP contribution < -0.4 is 10.6 Å². The Bertz CT molecular complexity index is 910. The lowest BCUT2D eigenvalue weighted by atomic mass is 10.2. The quantitative estimate of drug-likeness (QED) is 0.665. The van der Waals surface area contributed by atoms with E-state index in [4.69, 9.17) is 0 Å². The van der Waals surface area contributed by atoms with Crippen LogP contribution >= 0.6 is 0 Å². The molecule has 0 bridgehead atoms. The summed E-state index contributed by atoms with van der Waals surface area (Å²) < 4.78 is 27.0. The lowest BCUT2D eigenvalue weighted by molar-refractivity contribution is 0.102. The van der Waals surface area contributed by atoms with Gasteiger partial charge < -0.3 is 10.6 Å². The van der Waals surface area contributed by atoms with E-state index in [1.54, 1.807) is 32.9 Å². The summed E-state index contributed by atoms with van der Waals surface area (Å²) in [6.45, 7) is 8.81. The molecule has 1 aromatic heterocycles. The van der Waals surface area contributed by atoms with E-state index in [0.717, 1.165) is 6.42 Å². The molecule has 28 heavy (non-hydrogen) atoms. The fourth-order valence-electron chi connectivity index (χ4n) is 2.61. The minimum atomic E-state index is -3.64. The Morgan fingerprint density at radius 1 is 1.07 bits per heavy atom. The predicted molar refractivity (Wildman–Crippen MR) is 110 cm³/mol. The molecule has 0 saturated carbocycles. The van der Waals surface area contributed by atoms with Crippen LogP contribution in [0.5, 0.6) is 0 Å². The molecule has 1 heterocycles. The molecular weight excluding hydrogens is 378 g/mol. The monoisotopic (exact) mass is 405 g/mol. The number of hydrogen-bond acceptors (Lipinski definition) is 6. The number of nitrogens with zero attached hydrogens (tertiary/aromatic N) is 3. The number of amides is 1. The number of sulfonamides is 1. The summed E-state index contributed by atoms with van der Waals surface area (Å²) in [5.41, 5.74) is 1.89. The Morgan fingerprint density at radius 3 is 2.36 bits per heavy atom. The third kappa shape index (κ3) is 5.05. The van der Waals surface area contributed by atoms with Gasteiger partial charge in [-0.3, -0.25) is 9.78 Å². The molecule has 1 aromatic carbocycles. The topological polar surface area (TPSA) is 104 Å². The first-order valence-corrected chi connectivity index (χ1v) is 10.8. The van der Waals surface area contributed by atoms with Crippen molar-refractivity contribution in [2.24, 2.45) is 0 Å². The highest BCUT2D eigenvalue weighted by molar-refractivity contribution is 7.89. The number of carbonyl (C=O) groups excluding carboxylic acids is 1. The summed E-state index contributed by atoms with van der Waals surface area (Å²) in [4.78, 5) is 20.8. The molecule has 2 rings (SSSR count). The highest BCUT2D eigenvalue weighted by Gasteiger charge is 2.23. The molecule has 1 amide bonds. The van der Waals surface area contributed by atoms with Crippen molar-refractivity contribution in [2.45, 2.75) is 39.0 Å². The Labute approximate surface area is 166 Å². The molecule has 2 N–H and O–H groups in total. The summed E-state index contributed by atoms with van der Waals surface area (Å²) in [5, 5.41) is 5.96. The Morgan fingerprint density at radius 2 is 1.79 bits per heavy atom.